The lowest BCUT2D eigenvalue weighted by Crippen LogP contribution is -2.09. The van der Waals surface area contributed by atoms with Gasteiger partial charge in [-0.2, -0.15) is 0 Å². The second-order valence-electron chi connectivity index (χ2n) is 13.5. The van der Waals surface area contributed by atoms with Gasteiger partial charge in [0, 0.05) is 34.1 Å². The van der Waals surface area contributed by atoms with Crippen molar-refractivity contribution in [3.8, 4) is 0 Å². The van der Waals surface area contributed by atoms with Crippen LogP contribution >= 0.6 is 0 Å². The number of aryl methyl sites for hydroxylation is 4. The van der Waals surface area contributed by atoms with Gasteiger partial charge < -0.3 is 9.80 Å². The van der Waals surface area contributed by atoms with Crippen LogP contribution in [0.25, 0.3) is 24.3 Å². The highest BCUT2D eigenvalue weighted by Crippen LogP contribution is 2.36. The molecule has 2 nitrogen and oxygen atoms in total. The first-order valence-electron chi connectivity index (χ1n) is 17.9. The fourth-order valence-corrected chi connectivity index (χ4v) is 6.24. The first-order chi connectivity index (χ1) is 25.4. The normalized spacial score (nSPS) is 11.1. The summed E-state index contributed by atoms with van der Waals surface area (Å²) in [5.74, 6) is 0. The van der Waals surface area contributed by atoms with Crippen molar-refractivity contribution < 1.29 is 0 Å². The van der Waals surface area contributed by atoms with Gasteiger partial charge in [-0.05, 0) is 123 Å². The molecule has 7 aromatic rings. The van der Waals surface area contributed by atoms with Gasteiger partial charge in [0.2, 0.25) is 0 Å². The molecule has 0 aliphatic carbocycles. The zero-order chi connectivity index (χ0) is 35.9. The average Bonchev–Trinajstić information content (AvgIpc) is 3.18. The minimum Gasteiger partial charge on any atom is -0.311 e. The molecule has 0 saturated heterocycles. The predicted octanol–water partition coefficient (Wildman–Crippen LogP) is 14.8. The summed E-state index contributed by atoms with van der Waals surface area (Å²) >= 11 is 0. The van der Waals surface area contributed by atoms with Gasteiger partial charge in [0.25, 0.3) is 0 Å². The minimum absolute atomic E-state index is 0. The zero-order valence-corrected chi connectivity index (χ0v) is 30.4. The van der Waals surface area contributed by atoms with Crippen molar-refractivity contribution in [2.75, 3.05) is 9.80 Å². The van der Waals surface area contributed by atoms with Crippen LogP contribution in [0.4, 0.5) is 34.1 Å². The molecule has 0 fully saturated rings. The van der Waals surface area contributed by atoms with Crippen LogP contribution in [0.1, 0.15) is 51.9 Å². The Morgan fingerprint density at radius 2 is 0.396 bits per heavy atom. The molecule has 0 heterocycles. The maximum atomic E-state index is 2.30. The second-order valence-corrected chi connectivity index (χ2v) is 13.5. The van der Waals surface area contributed by atoms with Gasteiger partial charge >= 0.3 is 0 Å². The Kier molecular flexibility index (Phi) is 11.5. The van der Waals surface area contributed by atoms with Gasteiger partial charge in [-0.1, -0.05) is 151 Å². The first-order valence-corrected chi connectivity index (χ1v) is 17.9. The van der Waals surface area contributed by atoms with Gasteiger partial charge in [-0.15, -0.1) is 0 Å². The molecule has 7 aromatic carbocycles. The van der Waals surface area contributed by atoms with Crippen molar-refractivity contribution in [2.45, 2.75) is 35.1 Å². The van der Waals surface area contributed by atoms with E-state index in [1.165, 1.54) is 33.4 Å². The number of hydrogen-bond donors (Lipinski definition) is 0. The molecule has 0 aliphatic heterocycles. The summed E-state index contributed by atoms with van der Waals surface area (Å²) in [6.45, 7) is 8.50. The third kappa shape index (κ3) is 9.11. The minimum atomic E-state index is 0. The Morgan fingerprint density at radius 3 is 0.585 bits per heavy atom. The molecule has 7 rings (SSSR count). The van der Waals surface area contributed by atoms with Crippen LogP contribution in [0.5, 0.6) is 0 Å². The molecule has 0 aliphatic rings. The van der Waals surface area contributed by atoms with Gasteiger partial charge in [-0.25, -0.2) is 0 Å². The molecule has 0 aromatic heterocycles. The Hall–Kier alpha value is -6.38. The van der Waals surface area contributed by atoms with E-state index in [9.17, 15) is 0 Å². The van der Waals surface area contributed by atoms with E-state index in [2.05, 4.69) is 232 Å². The van der Waals surface area contributed by atoms with Gasteiger partial charge in [0.05, 0.1) is 0 Å². The number of anilines is 6. The molecule has 2 heteroatoms. The fraction of sp³-hybridized carbons (Fsp3) is 0.0980. The lowest BCUT2D eigenvalue weighted by molar-refractivity contribution is 1.27. The summed E-state index contributed by atoms with van der Waals surface area (Å²) in [5, 5.41) is 0. The molecular weight excluding hydrogens is 641 g/mol. The van der Waals surface area contributed by atoms with Crippen molar-refractivity contribution in [1.82, 2.24) is 0 Å². The Labute approximate surface area is 316 Å². The van der Waals surface area contributed by atoms with Gasteiger partial charge in [0.15, 0.2) is 0 Å². The lowest BCUT2D eigenvalue weighted by Gasteiger charge is -2.25. The Balaban J connectivity index is 0.00000481. The number of benzene rings is 7. The van der Waals surface area contributed by atoms with E-state index in [0.29, 0.717) is 0 Å². The van der Waals surface area contributed by atoms with Crippen LogP contribution in [0.3, 0.4) is 0 Å². The summed E-state index contributed by atoms with van der Waals surface area (Å²) < 4.78 is 0. The summed E-state index contributed by atoms with van der Waals surface area (Å²) in [7, 11) is 0. The Morgan fingerprint density at radius 1 is 0.245 bits per heavy atom. The summed E-state index contributed by atoms with van der Waals surface area (Å²) in [6.07, 6.45) is 8.70. The van der Waals surface area contributed by atoms with E-state index in [0.717, 1.165) is 45.3 Å². The first kappa shape index (κ1) is 36.4. The van der Waals surface area contributed by atoms with Crippen LogP contribution in [0.15, 0.2) is 170 Å². The van der Waals surface area contributed by atoms with Crippen LogP contribution in [-0.4, -0.2) is 0 Å². The molecule has 0 unspecified atom stereocenters. The van der Waals surface area contributed by atoms with Crippen molar-refractivity contribution in [2.24, 2.45) is 0 Å². The molecule has 53 heavy (non-hydrogen) atoms. The van der Waals surface area contributed by atoms with Gasteiger partial charge in [0.1, 0.15) is 0 Å². The van der Waals surface area contributed by atoms with E-state index in [4.69, 9.17) is 0 Å². The number of nitrogens with zero attached hydrogens (tertiary/aromatic N) is 2. The van der Waals surface area contributed by atoms with Crippen molar-refractivity contribution in [3.05, 3.63) is 214 Å². The Bertz CT molecular complexity index is 2000. The van der Waals surface area contributed by atoms with Crippen molar-refractivity contribution >= 4 is 58.4 Å². The monoisotopic (exact) mass is 688 g/mol. The second kappa shape index (κ2) is 16.8. The maximum absolute atomic E-state index is 2.30. The van der Waals surface area contributed by atoms with Crippen LogP contribution in [0.2, 0.25) is 0 Å². The predicted molar refractivity (Wildman–Crippen MR) is 232 cm³/mol. The average molecular weight is 689 g/mol. The van der Waals surface area contributed by atoms with Crippen LogP contribution < -0.4 is 9.80 Å². The SMILES string of the molecule is C.Cc1ccc(N(c2ccc(C)cc2)c2ccc(/C=C/c3ccc(/C=C/c4ccc(N(c5ccc(C)cc5)c5ccc(C)cc5)cc4)cc3)cc2)cc1. The maximum Gasteiger partial charge on any atom is 0.0462 e. The molecular formula is C51H48N2. The summed E-state index contributed by atoms with van der Waals surface area (Å²) in [6, 6.07) is 61.0. The molecule has 0 saturated carbocycles. The van der Waals surface area contributed by atoms with Crippen molar-refractivity contribution in [3.63, 3.8) is 0 Å². The van der Waals surface area contributed by atoms with Crippen LogP contribution in [-0.2, 0) is 0 Å². The van der Waals surface area contributed by atoms with E-state index >= 15 is 0 Å². The fourth-order valence-electron chi connectivity index (χ4n) is 6.24. The molecule has 262 valence electrons. The third-order valence-electron chi connectivity index (χ3n) is 9.34. The number of rotatable bonds is 10. The topological polar surface area (TPSA) is 6.48 Å². The zero-order valence-electron chi connectivity index (χ0n) is 30.4. The summed E-state index contributed by atoms with van der Waals surface area (Å²) in [5.41, 5.74) is 16.5. The van der Waals surface area contributed by atoms with Gasteiger partial charge in [-0.3, -0.25) is 0 Å². The smallest absolute Gasteiger partial charge is 0.0462 e. The molecule has 0 bridgehead atoms. The highest BCUT2D eigenvalue weighted by Gasteiger charge is 2.13. The van der Waals surface area contributed by atoms with Crippen molar-refractivity contribution in [1.29, 1.82) is 0 Å². The van der Waals surface area contributed by atoms with E-state index in [1.807, 2.05) is 0 Å². The highest BCUT2D eigenvalue weighted by molar-refractivity contribution is 5.80. The quantitative estimate of drug-likeness (QED) is 0.132. The molecule has 0 radical (unpaired) electrons. The highest BCUT2D eigenvalue weighted by atomic mass is 15.1. The largest absolute Gasteiger partial charge is 0.311 e. The lowest BCUT2D eigenvalue weighted by atomic mass is 10.1. The van der Waals surface area contributed by atoms with E-state index in [-0.39, 0.29) is 7.43 Å². The number of hydrogen-bond acceptors (Lipinski definition) is 2. The van der Waals surface area contributed by atoms with E-state index < -0.39 is 0 Å². The molecule has 0 spiro atoms. The molecule has 0 N–H and O–H groups in total. The standard InChI is InChI=1S/C50H44N2.CH4/c1-37-5-25-45(26-6-37)51(46-27-7-38(2)8-28-46)49-33-21-43(22-34-49)19-17-41-13-15-42(16-14-41)18-20-44-23-35-50(36-24-44)52(47-29-9-39(3)10-30-47)48-31-11-40(4)12-32-48;/h5-36H,1-4H3;1H4/b19-17+,20-18+;. The van der Waals surface area contributed by atoms with E-state index in [1.54, 1.807) is 0 Å². The summed E-state index contributed by atoms with van der Waals surface area (Å²) in [4.78, 5) is 4.61. The van der Waals surface area contributed by atoms with Crippen LogP contribution in [0, 0.1) is 27.7 Å². The third-order valence-corrected chi connectivity index (χ3v) is 9.34. The molecule has 0 amide bonds. The molecule has 0 atom stereocenters.